The van der Waals surface area contributed by atoms with E-state index in [0.717, 1.165) is 35.4 Å². The topological polar surface area (TPSA) is 64.1 Å². The molecule has 2 rings (SSSR count). The summed E-state index contributed by atoms with van der Waals surface area (Å²) in [6.45, 7) is 6.10. The van der Waals surface area contributed by atoms with Gasteiger partial charge >= 0.3 is 0 Å². The minimum atomic E-state index is -0.225. The van der Waals surface area contributed by atoms with Crippen molar-refractivity contribution < 1.29 is 9.53 Å². The van der Waals surface area contributed by atoms with Crippen molar-refractivity contribution in [3.63, 3.8) is 0 Å². The van der Waals surface area contributed by atoms with Crippen LogP contribution in [0.15, 0.2) is 18.2 Å². The molecule has 1 aromatic heterocycles. The van der Waals surface area contributed by atoms with Crippen LogP contribution in [0.5, 0.6) is 5.75 Å². The van der Waals surface area contributed by atoms with Crippen LogP contribution < -0.4 is 10.1 Å². The molecule has 0 fully saturated rings. The summed E-state index contributed by atoms with van der Waals surface area (Å²) in [5.41, 5.74) is 2.22. The van der Waals surface area contributed by atoms with E-state index in [4.69, 9.17) is 4.74 Å². The van der Waals surface area contributed by atoms with Gasteiger partial charge in [-0.1, -0.05) is 30.7 Å². The smallest absolute Gasteiger partial charge is 0.264 e. The van der Waals surface area contributed by atoms with Crippen LogP contribution in [-0.2, 0) is 11.2 Å². The second kappa shape index (κ2) is 7.89. The Morgan fingerprint density at radius 1 is 1.23 bits per heavy atom. The molecule has 0 bridgehead atoms. The van der Waals surface area contributed by atoms with Crippen molar-refractivity contribution in [2.75, 3.05) is 11.9 Å². The number of unbranched alkanes of at least 4 members (excludes halogenated alkanes) is 1. The second-order valence-electron chi connectivity index (χ2n) is 5.26. The summed E-state index contributed by atoms with van der Waals surface area (Å²) in [6, 6.07) is 5.88. The van der Waals surface area contributed by atoms with Crippen molar-refractivity contribution in [3.05, 3.63) is 34.3 Å². The first-order valence-electron chi connectivity index (χ1n) is 7.40. The minimum absolute atomic E-state index is 0.0350. The van der Waals surface area contributed by atoms with Gasteiger partial charge in [-0.05, 0) is 43.5 Å². The first-order valence-corrected chi connectivity index (χ1v) is 8.22. The number of carbonyl (C=O) groups excluding carboxylic acids is 1. The lowest BCUT2D eigenvalue weighted by atomic mass is 10.1. The maximum atomic E-state index is 11.9. The van der Waals surface area contributed by atoms with Crippen molar-refractivity contribution in [3.8, 4) is 5.75 Å². The zero-order valence-electron chi connectivity index (χ0n) is 13.2. The number of nitrogens with one attached hydrogen (secondary N) is 1. The molecule has 1 aromatic carbocycles. The fourth-order valence-corrected chi connectivity index (χ4v) is 2.85. The third-order valence-electron chi connectivity index (χ3n) is 3.02. The Hall–Kier alpha value is -1.95. The van der Waals surface area contributed by atoms with Crippen molar-refractivity contribution in [1.29, 1.82) is 0 Å². The van der Waals surface area contributed by atoms with Crippen LogP contribution in [0.3, 0.4) is 0 Å². The molecule has 6 heteroatoms. The molecule has 0 spiro atoms. The van der Waals surface area contributed by atoms with E-state index in [2.05, 4.69) is 28.5 Å². The number of anilines is 1. The number of rotatable bonds is 7. The molecule has 22 heavy (non-hydrogen) atoms. The quantitative estimate of drug-likeness (QED) is 0.848. The number of ether oxygens (including phenoxy) is 1. The van der Waals surface area contributed by atoms with Crippen LogP contribution in [0.25, 0.3) is 0 Å². The van der Waals surface area contributed by atoms with Crippen LogP contribution in [0, 0.1) is 13.8 Å². The SMILES string of the molecule is CCCCc1nnc(NC(=O)COc2cc(C)cc(C)c2)s1. The van der Waals surface area contributed by atoms with Crippen LogP contribution in [0.1, 0.15) is 35.9 Å². The molecule has 1 N–H and O–H groups in total. The fraction of sp³-hybridized carbons (Fsp3) is 0.438. The van der Waals surface area contributed by atoms with Crippen molar-refractivity contribution in [2.24, 2.45) is 0 Å². The summed E-state index contributed by atoms with van der Waals surface area (Å²) in [5.74, 6) is 0.478. The maximum absolute atomic E-state index is 11.9. The number of benzene rings is 1. The summed E-state index contributed by atoms with van der Waals surface area (Å²) in [6.07, 6.45) is 3.10. The molecular formula is C16H21N3O2S. The molecule has 0 aliphatic carbocycles. The predicted molar refractivity (Wildman–Crippen MR) is 88.6 cm³/mol. The summed E-state index contributed by atoms with van der Waals surface area (Å²) in [4.78, 5) is 11.9. The molecule has 0 aliphatic rings. The monoisotopic (exact) mass is 319 g/mol. The molecule has 0 atom stereocenters. The minimum Gasteiger partial charge on any atom is -0.484 e. The second-order valence-corrected chi connectivity index (χ2v) is 6.33. The van der Waals surface area contributed by atoms with E-state index >= 15 is 0 Å². The van der Waals surface area contributed by atoms with E-state index in [1.54, 1.807) is 0 Å². The van der Waals surface area contributed by atoms with E-state index in [1.807, 2.05) is 26.0 Å². The first-order chi connectivity index (χ1) is 10.6. The average Bonchev–Trinajstić information content (AvgIpc) is 2.89. The van der Waals surface area contributed by atoms with Gasteiger partial charge in [-0.25, -0.2) is 0 Å². The van der Waals surface area contributed by atoms with E-state index in [9.17, 15) is 4.79 Å². The summed E-state index contributed by atoms with van der Waals surface area (Å²) in [5, 5.41) is 12.2. The van der Waals surface area contributed by atoms with E-state index < -0.39 is 0 Å². The van der Waals surface area contributed by atoms with Crippen LogP contribution in [-0.4, -0.2) is 22.7 Å². The number of aromatic nitrogens is 2. The predicted octanol–water partition coefficient (Wildman–Crippen LogP) is 3.52. The van der Waals surface area contributed by atoms with Crippen LogP contribution in [0.4, 0.5) is 5.13 Å². The maximum Gasteiger partial charge on any atom is 0.264 e. The van der Waals surface area contributed by atoms with E-state index in [-0.39, 0.29) is 12.5 Å². The molecule has 0 radical (unpaired) electrons. The Labute approximate surface area is 134 Å². The molecule has 0 saturated heterocycles. The summed E-state index contributed by atoms with van der Waals surface area (Å²) >= 11 is 1.42. The van der Waals surface area contributed by atoms with E-state index in [1.165, 1.54) is 11.3 Å². The standard InChI is InChI=1S/C16H21N3O2S/c1-4-5-6-15-18-19-16(22-15)17-14(20)10-21-13-8-11(2)7-12(3)9-13/h7-9H,4-6,10H2,1-3H3,(H,17,19,20). The highest BCUT2D eigenvalue weighted by molar-refractivity contribution is 7.15. The zero-order chi connectivity index (χ0) is 15.9. The Morgan fingerprint density at radius 2 is 1.95 bits per heavy atom. The normalized spacial score (nSPS) is 10.5. The fourth-order valence-electron chi connectivity index (χ4n) is 2.05. The van der Waals surface area contributed by atoms with Crippen molar-refractivity contribution in [1.82, 2.24) is 10.2 Å². The average molecular weight is 319 g/mol. The first kappa shape index (κ1) is 16.4. The number of amides is 1. The van der Waals surface area contributed by atoms with Gasteiger partial charge < -0.3 is 4.74 Å². The lowest BCUT2D eigenvalue weighted by Gasteiger charge is -2.07. The molecular weight excluding hydrogens is 298 g/mol. The Bertz CT molecular complexity index is 620. The Balaban J connectivity index is 1.83. The van der Waals surface area contributed by atoms with Crippen LogP contribution in [0.2, 0.25) is 0 Å². The van der Waals surface area contributed by atoms with Gasteiger partial charge in [0.2, 0.25) is 5.13 Å². The van der Waals surface area contributed by atoms with Gasteiger partial charge in [0, 0.05) is 6.42 Å². The van der Waals surface area contributed by atoms with Crippen molar-refractivity contribution >= 4 is 22.4 Å². The van der Waals surface area contributed by atoms with Gasteiger partial charge in [-0.3, -0.25) is 10.1 Å². The number of nitrogens with zero attached hydrogens (tertiary/aromatic N) is 2. The van der Waals surface area contributed by atoms with E-state index in [0.29, 0.717) is 10.9 Å². The largest absolute Gasteiger partial charge is 0.484 e. The van der Waals surface area contributed by atoms with Gasteiger partial charge in [0.25, 0.3) is 5.91 Å². The summed E-state index contributed by atoms with van der Waals surface area (Å²) < 4.78 is 5.52. The number of hydrogen-bond acceptors (Lipinski definition) is 5. The van der Waals surface area contributed by atoms with Gasteiger partial charge in [0.15, 0.2) is 6.61 Å². The highest BCUT2D eigenvalue weighted by atomic mass is 32.1. The highest BCUT2D eigenvalue weighted by Crippen LogP contribution is 2.18. The number of aryl methyl sites for hydroxylation is 3. The molecule has 0 saturated carbocycles. The third-order valence-corrected chi connectivity index (χ3v) is 3.92. The van der Waals surface area contributed by atoms with Gasteiger partial charge in [0.05, 0.1) is 0 Å². The van der Waals surface area contributed by atoms with Crippen LogP contribution >= 0.6 is 11.3 Å². The zero-order valence-corrected chi connectivity index (χ0v) is 14.0. The van der Waals surface area contributed by atoms with Gasteiger partial charge in [-0.2, -0.15) is 0 Å². The number of hydrogen-bond donors (Lipinski definition) is 1. The Kier molecular flexibility index (Phi) is 5.89. The third kappa shape index (κ3) is 5.11. The number of carbonyl (C=O) groups is 1. The molecule has 1 heterocycles. The molecule has 1 amide bonds. The Morgan fingerprint density at radius 3 is 2.64 bits per heavy atom. The van der Waals surface area contributed by atoms with Gasteiger partial charge in [-0.15, -0.1) is 10.2 Å². The van der Waals surface area contributed by atoms with Gasteiger partial charge in [0.1, 0.15) is 10.8 Å². The molecule has 2 aromatic rings. The molecule has 0 unspecified atom stereocenters. The van der Waals surface area contributed by atoms with Crippen molar-refractivity contribution in [2.45, 2.75) is 40.0 Å². The molecule has 5 nitrogen and oxygen atoms in total. The molecule has 0 aliphatic heterocycles. The lowest BCUT2D eigenvalue weighted by Crippen LogP contribution is -2.20. The summed E-state index contributed by atoms with van der Waals surface area (Å²) in [7, 11) is 0. The lowest BCUT2D eigenvalue weighted by molar-refractivity contribution is -0.118. The molecule has 118 valence electrons. The highest BCUT2D eigenvalue weighted by Gasteiger charge is 2.09.